The zero-order valence-corrected chi connectivity index (χ0v) is 21.9. The summed E-state index contributed by atoms with van der Waals surface area (Å²) in [5.41, 5.74) is 3.36. The molecule has 0 unspecified atom stereocenters. The summed E-state index contributed by atoms with van der Waals surface area (Å²) in [6.45, 7) is 9.44. The minimum absolute atomic E-state index is 0.0172. The van der Waals surface area contributed by atoms with Crippen molar-refractivity contribution in [3.63, 3.8) is 0 Å². The molecule has 0 bridgehead atoms. The van der Waals surface area contributed by atoms with Gasteiger partial charge in [0.1, 0.15) is 11.3 Å². The predicted octanol–water partition coefficient (Wildman–Crippen LogP) is 6.08. The third-order valence-electron chi connectivity index (χ3n) is 6.08. The van der Waals surface area contributed by atoms with Crippen molar-refractivity contribution < 1.29 is 14.6 Å². The molecule has 0 radical (unpaired) electrons. The fourth-order valence-corrected chi connectivity index (χ4v) is 4.61. The molecule has 1 fully saturated rings. The zero-order chi connectivity index (χ0) is 25.3. The van der Waals surface area contributed by atoms with Crippen LogP contribution in [-0.2, 0) is 6.42 Å². The van der Waals surface area contributed by atoms with E-state index in [1.807, 2.05) is 32.9 Å². The Balaban J connectivity index is 1.96. The highest BCUT2D eigenvalue weighted by Crippen LogP contribution is 2.40. The Hall–Kier alpha value is -2.74. The maximum absolute atomic E-state index is 12.4. The summed E-state index contributed by atoms with van der Waals surface area (Å²) in [7, 11) is 2.11. The first-order chi connectivity index (χ1) is 16.7. The Morgan fingerprint density at radius 3 is 2.46 bits per heavy atom. The number of carbonyl (C=O) groups is 1. The normalized spacial score (nSPS) is 14.5. The summed E-state index contributed by atoms with van der Waals surface area (Å²) in [4.78, 5) is 21.7. The number of anilines is 3. The van der Waals surface area contributed by atoms with E-state index in [9.17, 15) is 9.90 Å². The molecule has 7 nitrogen and oxygen atoms in total. The number of benzene rings is 2. The highest BCUT2D eigenvalue weighted by atomic mass is 35.5. The topological polar surface area (TPSA) is 77.9 Å². The monoisotopic (exact) mass is 516 g/mol. The van der Waals surface area contributed by atoms with Gasteiger partial charge in [-0.25, -0.2) is 4.79 Å². The number of halogens is 2. The average molecular weight is 517 g/mol. The second-order valence-corrected chi connectivity index (χ2v) is 9.83. The molecule has 0 atom stereocenters. The number of likely N-dealkylation sites (N-methyl/N-ethyl adjacent to an activating group) is 1. The van der Waals surface area contributed by atoms with Gasteiger partial charge in [-0.1, -0.05) is 30.1 Å². The number of nitrogens with zero attached hydrogens (tertiary/aromatic N) is 3. The molecule has 0 saturated carbocycles. The number of aromatic carboxylic acids is 1. The Labute approximate surface area is 215 Å². The van der Waals surface area contributed by atoms with Crippen molar-refractivity contribution in [2.45, 2.75) is 33.3 Å². The number of pyridine rings is 1. The van der Waals surface area contributed by atoms with Crippen LogP contribution in [0.25, 0.3) is 10.9 Å². The fraction of sp³-hybridized carbons (Fsp3) is 0.385. The first-order valence-electron chi connectivity index (χ1n) is 11.7. The van der Waals surface area contributed by atoms with Gasteiger partial charge in [0.2, 0.25) is 0 Å². The summed E-state index contributed by atoms with van der Waals surface area (Å²) in [6, 6.07) is 9.06. The Kier molecular flexibility index (Phi) is 7.59. The van der Waals surface area contributed by atoms with Crippen LogP contribution in [0, 0.1) is 0 Å². The number of rotatable bonds is 7. The van der Waals surface area contributed by atoms with Gasteiger partial charge in [-0.3, -0.25) is 4.98 Å². The number of fused-ring (bicyclic) bond motifs is 1. The van der Waals surface area contributed by atoms with Crippen molar-refractivity contribution in [1.82, 2.24) is 9.88 Å². The molecule has 1 aliphatic heterocycles. The second-order valence-electron chi connectivity index (χ2n) is 9.02. The second kappa shape index (κ2) is 10.5. The number of aromatic nitrogens is 1. The summed E-state index contributed by atoms with van der Waals surface area (Å²) in [5, 5.41) is 15.0. The number of hydrogen-bond acceptors (Lipinski definition) is 6. The Morgan fingerprint density at radius 2 is 1.86 bits per heavy atom. The lowest BCUT2D eigenvalue weighted by Crippen LogP contribution is -2.44. The molecule has 2 N–H and O–H groups in total. The minimum Gasteiger partial charge on any atom is -0.489 e. The van der Waals surface area contributed by atoms with Crippen LogP contribution in [0.15, 0.2) is 30.3 Å². The van der Waals surface area contributed by atoms with Gasteiger partial charge in [0.25, 0.3) is 0 Å². The number of ether oxygens (including phenoxy) is 1. The summed E-state index contributed by atoms with van der Waals surface area (Å²) in [5.74, 6) is -0.294. The zero-order valence-electron chi connectivity index (χ0n) is 20.4. The molecule has 1 saturated heterocycles. The van der Waals surface area contributed by atoms with E-state index in [1.54, 1.807) is 18.2 Å². The van der Waals surface area contributed by atoms with Gasteiger partial charge in [-0.05, 0) is 51.6 Å². The summed E-state index contributed by atoms with van der Waals surface area (Å²) in [6.07, 6.45) is 0.449. The predicted molar refractivity (Wildman–Crippen MR) is 143 cm³/mol. The highest BCUT2D eigenvalue weighted by Gasteiger charge is 2.25. The number of carboxylic acids is 1. The van der Waals surface area contributed by atoms with Crippen LogP contribution in [0.5, 0.6) is 5.75 Å². The van der Waals surface area contributed by atoms with Crippen molar-refractivity contribution in [1.29, 1.82) is 0 Å². The number of hydrogen-bond donors (Lipinski definition) is 2. The van der Waals surface area contributed by atoms with E-state index in [0.717, 1.165) is 37.6 Å². The number of aryl methyl sites for hydroxylation is 1. The molecule has 4 rings (SSSR count). The van der Waals surface area contributed by atoms with Crippen molar-refractivity contribution >= 4 is 57.1 Å². The van der Waals surface area contributed by atoms with Gasteiger partial charge in [0.15, 0.2) is 0 Å². The maximum Gasteiger partial charge on any atom is 0.339 e. The molecule has 9 heteroatoms. The molecular formula is C26H30Cl2N4O3. The fourth-order valence-electron chi connectivity index (χ4n) is 4.31. The van der Waals surface area contributed by atoms with Crippen molar-refractivity contribution in [2.75, 3.05) is 43.4 Å². The molecule has 1 aliphatic rings. The van der Waals surface area contributed by atoms with Crippen LogP contribution in [0.1, 0.15) is 36.8 Å². The minimum atomic E-state index is -1.04. The van der Waals surface area contributed by atoms with Crippen molar-refractivity contribution in [3.8, 4) is 5.75 Å². The van der Waals surface area contributed by atoms with Crippen LogP contribution in [0.3, 0.4) is 0 Å². The first-order valence-corrected chi connectivity index (χ1v) is 12.5. The molecule has 186 valence electrons. The van der Waals surface area contributed by atoms with Crippen LogP contribution in [0.2, 0.25) is 10.0 Å². The van der Waals surface area contributed by atoms with E-state index in [4.69, 9.17) is 32.9 Å². The largest absolute Gasteiger partial charge is 0.489 e. The van der Waals surface area contributed by atoms with Gasteiger partial charge < -0.3 is 25.0 Å². The van der Waals surface area contributed by atoms with Crippen molar-refractivity contribution in [2.24, 2.45) is 0 Å². The average Bonchev–Trinajstić information content (AvgIpc) is 2.80. The molecule has 0 aliphatic carbocycles. The standard InChI is InChI=1S/C26H30Cl2N4O3/c1-5-20-24(26(33)34)25(29-16-6-7-18(27)19(28)12-16)17-13-22(32-10-8-31(4)9-11-32)23(35-15(2)3)14-21(17)30-20/h6-7,12-15H,5,8-11H2,1-4H3,(H,29,30)(H,33,34). The van der Waals surface area contributed by atoms with Crippen LogP contribution in [-0.4, -0.2) is 60.3 Å². The summed E-state index contributed by atoms with van der Waals surface area (Å²) >= 11 is 12.3. The third kappa shape index (κ3) is 5.42. The molecule has 35 heavy (non-hydrogen) atoms. The van der Waals surface area contributed by atoms with Crippen LogP contribution < -0.4 is 15.0 Å². The van der Waals surface area contributed by atoms with E-state index in [1.165, 1.54) is 0 Å². The van der Waals surface area contributed by atoms with E-state index in [-0.39, 0.29) is 11.7 Å². The van der Waals surface area contributed by atoms with E-state index < -0.39 is 5.97 Å². The lowest BCUT2D eigenvalue weighted by atomic mass is 10.0. The van der Waals surface area contributed by atoms with E-state index in [0.29, 0.717) is 44.4 Å². The molecule has 2 aromatic carbocycles. The van der Waals surface area contributed by atoms with Gasteiger partial charge in [0.05, 0.1) is 38.7 Å². The molecule has 0 spiro atoms. The molecular weight excluding hydrogens is 487 g/mol. The molecule has 3 aromatic rings. The smallest absolute Gasteiger partial charge is 0.339 e. The van der Waals surface area contributed by atoms with Gasteiger partial charge >= 0.3 is 5.97 Å². The number of carboxylic acid groups (broad SMARTS) is 1. The quantitative estimate of drug-likeness (QED) is 0.393. The third-order valence-corrected chi connectivity index (χ3v) is 6.82. The Morgan fingerprint density at radius 1 is 1.14 bits per heavy atom. The van der Waals surface area contributed by atoms with Crippen LogP contribution in [0.4, 0.5) is 17.1 Å². The molecule has 0 amide bonds. The lowest BCUT2D eigenvalue weighted by Gasteiger charge is -2.35. The van der Waals surface area contributed by atoms with Gasteiger partial charge in [-0.2, -0.15) is 0 Å². The van der Waals surface area contributed by atoms with Gasteiger partial charge in [0, 0.05) is 43.3 Å². The SMILES string of the molecule is CCc1nc2cc(OC(C)C)c(N3CCN(C)CC3)cc2c(Nc2ccc(Cl)c(Cl)c2)c1C(=O)O. The molecule has 1 aromatic heterocycles. The number of piperazine rings is 1. The summed E-state index contributed by atoms with van der Waals surface area (Å²) < 4.78 is 6.21. The molecule has 2 heterocycles. The van der Waals surface area contributed by atoms with E-state index >= 15 is 0 Å². The highest BCUT2D eigenvalue weighted by molar-refractivity contribution is 6.42. The maximum atomic E-state index is 12.4. The van der Waals surface area contributed by atoms with E-state index in [2.05, 4.69) is 22.2 Å². The van der Waals surface area contributed by atoms with Crippen molar-refractivity contribution in [3.05, 3.63) is 51.6 Å². The van der Waals surface area contributed by atoms with Crippen LogP contribution >= 0.6 is 23.2 Å². The lowest BCUT2D eigenvalue weighted by molar-refractivity contribution is 0.0696. The van der Waals surface area contributed by atoms with Gasteiger partial charge in [-0.15, -0.1) is 0 Å². The Bertz CT molecular complexity index is 1260. The number of nitrogens with one attached hydrogen (secondary N) is 1. The first kappa shape index (κ1) is 25.4.